The molecule has 0 saturated heterocycles. The SMILES string of the molecule is CC(C)(C)SCC(=O)Nc1cccc2ncccc12. The number of aromatic nitrogens is 1. The van der Waals surface area contributed by atoms with Crippen molar-refractivity contribution in [1.82, 2.24) is 4.98 Å². The maximum atomic E-state index is 12.0. The zero-order valence-corrected chi connectivity index (χ0v) is 12.3. The molecule has 0 aliphatic carbocycles. The summed E-state index contributed by atoms with van der Waals surface area (Å²) in [6.45, 7) is 6.31. The molecule has 1 aromatic carbocycles. The van der Waals surface area contributed by atoms with E-state index in [2.05, 4.69) is 31.1 Å². The van der Waals surface area contributed by atoms with E-state index in [-0.39, 0.29) is 10.7 Å². The van der Waals surface area contributed by atoms with Gasteiger partial charge in [0.2, 0.25) is 5.91 Å². The van der Waals surface area contributed by atoms with Crippen LogP contribution in [0.2, 0.25) is 0 Å². The zero-order valence-electron chi connectivity index (χ0n) is 11.4. The number of hydrogen-bond donors (Lipinski definition) is 1. The van der Waals surface area contributed by atoms with E-state index in [1.807, 2.05) is 30.3 Å². The number of anilines is 1. The minimum Gasteiger partial charge on any atom is -0.325 e. The topological polar surface area (TPSA) is 42.0 Å². The molecule has 0 unspecified atom stereocenters. The van der Waals surface area contributed by atoms with Gasteiger partial charge < -0.3 is 5.32 Å². The molecule has 1 amide bonds. The van der Waals surface area contributed by atoms with E-state index in [1.165, 1.54) is 0 Å². The van der Waals surface area contributed by atoms with Gasteiger partial charge in [0.25, 0.3) is 0 Å². The summed E-state index contributed by atoms with van der Waals surface area (Å²) >= 11 is 1.64. The average Bonchev–Trinajstić information content (AvgIpc) is 2.36. The molecule has 100 valence electrons. The van der Waals surface area contributed by atoms with E-state index < -0.39 is 0 Å². The summed E-state index contributed by atoms with van der Waals surface area (Å²) < 4.78 is 0.0949. The van der Waals surface area contributed by atoms with Crippen LogP contribution in [0, 0.1) is 0 Å². The van der Waals surface area contributed by atoms with Gasteiger partial charge >= 0.3 is 0 Å². The molecule has 1 aromatic heterocycles. The average molecular weight is 274 g/mol. The lowest BCUT2D eigenvalue weighted by Crippen LogP contribution is -2.19. The van der Waals surface area contributed by atoms with Crippen molar-refractivity contribution in [3.63, 3.8) is 0 Å². The molecule has 1 N–H and O–H groups in total. The molecule has 1 heterocycles. The van der Waals surface area contributed by atoms with E-state index in [4.69, 9.17) is 0 Å². The van der Waals surface area contributed by atoms with Crippen molar-refractivity contribution in [3.8, 4) is 0 Å². The summed E-state index contributed by atoms with van der Waals surface area (Å²) in [5, 5.41) is 3.93. The third-order valence-electron chi connectivity index (χ3n) is 2.56. The van der Waals surface area contributed by atoms with Crippen molar-refractivity contribution < 1.29 is 4.79 Å². The van der Waals surface area contributed by atoms with Crippen LogP contribution in [0.5, 0.6) is 0 Å². The number of pyridine rings is 1. The lowest BCUT2D eigenvalue weighted by atomic mass is 10.2. The Kier molecular flexibility index (Phi) is 4.10. The second kappa shape index (κ2) is 5.61. The van der Waals surface area contributed by atoms with Crippen LogP contribution in [-0.2, 0) is 4.79 Å². The number of carbonyl (C=O) groups excluding carboxylic acids is 1. The summed E-state index contributed by atoms with van der Waals surface area (Å²) in [6, 6.07) is 9.59. The van der Waals surface area contributed by atoms with Crippen LogP contribution in [0.25, 0.3) is 10.9 Å². The number of rotatable bonds is 3. The number of fused-ring (bicyclic) bond motifs is 1. The molecule has 0 aliphatic heterocycles. The summed E-state index contributed by atoms with van der Waals surface area (Å²) in [5.41, 5.74) is 1.72. The van der Waals surface area contributed by atoms with Crippen molar-refractivity contribution in [2.75, 3.05) is 11.1 Å². The molecule has 0 bridgehead atoms. The quantitative estimate of drug-likeness (QED) is 0.927. The van der Waals surface area contributed by atoms with Gasteiger partial charge in [-0.1, -0.05) is 26.8 Å². The van der Waals surface area contributed by atoms with Crippen molar-refractivity contribution >= 4 is 34.3 Å². The lowest BCUT2D eigenvalue weighted by Gasteiger charge is -2.17. The minimum atomic E-state index is 0.0243. The summed E-state index contributed by atoms with van der Waals surface area (Å²) in [4.78, 5) is 16.2. The van der Waals surface area contributed by atoms with Gasteiger partial charge in [-0.25, -0.2) is 0 Å². The van der Waals surface area contributed by atoms with Crippen LogP contribution >= 0.6 is 11.8 Å². The molecule has 2 aromatic rings. The summed E-state index contributed by atoms with van der Waals surface area (Å²) in [6.07, 6.45) is 1.75. The van der Waals surface area contributed by atoms with Gasteiger partial charge in [-0.15, -0.1) is 11.8 Å². The van der Waals surface area contributed by atoms with Crippen molar-refractivity contribution in [3.05, 3.63) is 36.5 Å². The van der Waals surface area contributed by atoms with Crippen molar-refractivity contribution in [2.24, 2.45) is 0 Å². The summed E-state index contributed by atoms with van der Waals surface area (Å²) in [7, 11) is 0. The number of nitrogens with zero attached hydrogens (tertiary/aromatic N) is 1. The van der Waals surface area contributed by atoms with Crippen LogP contribution in [-0.4, -0.2) is 21.4 Å². The molecule has 0 spiro atoms. The van der Waals surface area contributed by atoms with Gasteiger partial charge in [0.05, 0.1) is 17.0 Å². The molecule has 0 radical (unpaired) electrons. The smallest absolute Gasteiger partial charge is 0.234 e. The zero-order chi connectivity index (χ0) is 13.9. The minimum absolute atomic E-state index is 0.0243. The van der Waals surface area contributed by atoms with Crippen LogP contribution < -0.4 is 5.32 Å². The van der Waals surface area contributed by atoms with Crippen LogP contribution in [0.15, 0.2) is 36.5 Å². The van der Waals surface area contributed by atoms with Gasteiger partial charge in [0, 0.05) is 16.3 Å². The molecular weight excluding hydrogens is 256 g/mol. The van der Waals surface area contributed by atoms with Gasteiger partial charge in [-0.2, -0.15) is 0 Å². The van der Waals surface area contributed by atoms with Gasteiger partial charge in [-0.3, -0.25) is 9.78 Å². The fourth-order valence-electron chi connectivity index (χ4n) is 1.68. The predicted molar refractivity (Wildman–Crippen MR) is 82.6 cm³/mol. The normalized spacial score (nSPS) is 11.5. The van der Waals surface area contributed by atoms with Crippen LogP contribution in [0.1, 0.15) is 20.8 Å². The maximum absolute atomic E-state index is 12.0. The number of nitrogens with one attached hydrogen (secondary N) is 1. The summed E-state index contributed by atoms with van der Waals surface area (Å²) in [5.74, 6) is 0.483. The number of carbonyl (C=O) groups is 1. The maximum Gasteiger partial charge on any atom is 0.234 e. The highest BCUT2D eigenvalue weighted by Crippen LogP contribution is 2.24. The molecule has 19 heavy (non-hydrogen) atoms. The third-order valence-corrected chi connectivity index (χ3v) is 3.83. The first-order valence-corrected chi connectivity index (χ1v) is 7.22. The lowest BCUT2D eigenvalue weighted by molar-refractivity contribution is -0.113. The molecule has 2 rings (SSSR count). The fraction of sp³-hybridized carbons (Fsp3) is 0.333. The van der Waals surface area contributed by atoms with E-state index in [1.54, 1.807) is 18.0 Å². The Labute approximate surface area is 117 Å². The molecule has 0 saturated carbocycles. The van der Waals surface area contributed by atoms with Crippen molar-refractivity contribution in [1.29, 1.82) is 0 Å². The predicted octanol–water partition coefficient (Wildman–Crippen LogP) is 3.71. The second-order valence-corrected chi connectivity index (χ2v) is 7.13. The number of thioether (sulfide) groups is 1. The van der Waals surface area contributed by atoms with Crippen LogP contribution in [0.3, 0.4) is 0 Å². The van der Waals surface area contributed by atoms with Crippen LogP contribution in [0.4, 0.5) is 5.69 Å². The fourth-order valence-corrected chi connectivity index (χ4v) is 2.32. The Hall–Kier alpha value is -1.55. The number of hydrogen-bond acceptors (Lipinski definition) is 3. The number of benzene rings is 1. The molecule has 4 heteroatoms. The Bertz CT molecular complexity index is 585. The molecular formula is C15H18N2OS. The Morgan fingerprint density at radius 3 is 2.79 bits per heavy atom. The largest absolute Gasteiger partial charge is 0.325 e. The second-order valence-electron chi connectivity index (χ2n) is 5.32. The first kappa shape index (κ1) is 13.9. The Morgan fingerprint density at radius 2 is 2.05 bits per heavy atom. The Morgan fingerprint density at radius 1 is 1.26 bits per heavy atom. The molecule has 0 atom stereocenters. The van der Waals surface area contributed by atoms with E-state index in [0.29, 0.717) is 5.75 Å². The number of amides is 1. The van der Waals surface area contributed by atoms with E-state index in [0.717, 1.165) is 16.6 Å². The van der Waals surface area contributed by atoms with E-state index in [9.17, 15) is 4.79 Å². The highest BCUT2D eigenvalue weighted by atomic mass is 32.2. The van der Waals surface area contributed by atoms with E-state index >= 15 is 0 Å². The monoisotopic (exact) mass is 274 g/mol. The Balaban J connectivity index is 2.11. The van der Waals surface area contributed by atoms with Gasteiger partial charge in [0.1, 0.15) is 0 Å². The highest BCUT2D eigenvalue weighted by Gasteiger charge is 2.14. The third kappa shape index (κ3) is 3.96. The molecule has 0 aliphatic rings. The molecule has 0 fully saturated rings. The van der Waals surface area contributed by atoms with Crippen molar-refractivity contribution in [2.45, 2.75) is 25.5 Å². The first-order chi connectivity index (χ1) is 8.96. The van der Waals surface area contributed by atoms with Gasteiger partial charge in [-0.05, 0) is 24.3 Å². The molecule has 3 nitrogen and oxygen atoms in total. The van der Waals surface area contributed by atoms with Gasteiger partial charge in [0.15, 0.2) is 0 Å². The first-order valence-electron chi connectivity index (χ1n) is 6.23. The highest BCUT2D eigenvalue weighted by molar-refractivity contribution is 8.01. The standard InChI is InChI=1S/C15H18N2OS/c1-15(2,3)19-10-14(18)17-13-8-4-7-12-11(13)6-5-9-16-12/h4-9H,10H2,1-3H3,(H,17,18).